The summed E-state index contributed by atoms with van der Waals surface area (Å²) in [5.41, 5.74) is 0. The van der Waals surface area contributed by atoms with Gasteiger partial charge in [-0.2, -0.15) is 0 Å². The van der Waals surface area contributed by atoms with Gasteiger partial charge >= 0.3 is 0 Å². The maximum atomic E-state index is 7.00. The van der Waals surface area contributed by atoms with Crippen LogP contribution in [0.15, 0.2) is 87.5 Å². The standard InChI is InChI=1S/C21H21O3S.CH4O/c1-22-16-4-10-19(11-5-16)25(20-12-6-17(23-2)7-13-20)21-14-8-18(24-3)9-15-21;1-2/h4-15H,1-3H3;2H,1H3/q+1;. The Bertz CT molecular complexity index is 686. The third kappa shape index (κ3) is 5.18. The molecule has 0 bridgehead atoms. The predicted octanol–water partition coefficient (Wildman–Crippen LogP) is 4.42. The fraction of sp³-hybridized carbons (Fsp3) is 0.182. The first-order chi connectivity index (χ1) is 13.2. The van der Waals surface area contributed by atoms with Gasteiger partial charge in [0.1, 0.15) is 17.2 Å². The van der Waals surface area contributed by atoms with Gasteiger partial charge < -0.3 is 19.3 Å². The first-order valence-electron chi connectivity index (χ1n) is 8.36. The second kappa shape index (κ2) is 10.5. The Morgan fingerprint density at radius 2 is 0.704 bits per heavy atom. The SMILES string of the molecule is CO.COc1ccc([S+](c2ccc(OC)cc2)c2ccc(OC)cc2)cc1. The topological polar surface area (TPSA) is 47.9 Å². The van der Waals surface area contributed by atoms with Crippen LogP contribution in [0.4, 0.5) is 0 Å². The van der Waals surface area contributed by atoms with Crippen LogP contribution in [0.3, 0.4) is 0 Å². The number of rotatable bonds is 6. The molecule has 0 spiro atoms. The fourth-order valence-corrected chi connectivity index (χ4v) is 4.58. The minimum atomic E-state index is -0.212. The molecule has 0 heterocycles. The number of aliphatic hydroxyl groups excluding tert-OH is 1. The van der Waals surface area contributed by atoms with Gasteiger partial charge in [-0.25, -0.2) is 0 Å². The predicted molar refractivity (Wildman–Crippen MR) is 109 cm³/mol. The van der Waals surface area contributed by atoms with Crippen molar-refractivity contribution in [1.29, 1.82) is 0 Å². The number of hydrogen-bond acceptors (Lipinski definition) is 4. The number of methoxy groups -OCH3 is 3. The molecule has 0 aliphatic carbocycles. The van der Waals surface area contributed by atoms with E-state index in [1.54, 1.807) is 21.3 Å². The number of benzene rings is 3. The highest BCUT2D eigenvalue weighted by Gasteiger charge is 2.28. The van der Waals surface area contributed by atoms with Crippen molar-refractivity contribution in [3.8, 4) is 17.2 Å². The molecule has 27 heavy (non-hydrogen) atoms. The Labute approximate surface area is 163 Å². The average Bonchev–Trinajstić information content (AvgIpc) is 2.77. The van der Waals surface area contributed by atoms with Crippen LogP contribution >= 0.6 is 0 Å². The average molecular weight is 386 g/mol. The summed E-state index contributed by atoms with van der Waals surface area (Å²) in [5.74, 6) is 2.57. The Morgan fingerprint density at radius 3 is 0.889 bits per heavy atom. The summed E-state index contributed by atoms with van der Waals surface area (Å²) in [7, 11) is 5.83. The molecule has 3 aromatic carbocycles. The summed E-state index contributed by atoms with van der Waals surface area (Å²) in [6, 6.07) is 24.7. The molecular formula is C22H25O4S+. The van der Waals surface area contributed by atoms with E-state index in [0.717, 1.165) is 24.4 Å². The van der Waals surface area contributed by atoms with Gasteiger partial charge in [0, 0.05) is 7.11 Å². The number of aliphatic hydroxyl groups is 1. The van der Waals surface area contributed by atoms with Crippen molar-refractivity contribution in [2.75, 3.05) is 28.4 Å². The molecule has 0 amide bonds. The van der Waals surface area contributed by atoms with Crippen molar-refractivity contribution >= 4 is 10.9 Å². The van der Waals surface area contributed by atoms with Crippen LogP contribution in [0.25, 0.3) is 0 Å². The maximum absolute atomic E-state index is 7.00. The van der Waals surface area contributed by atoms with Gasteiger partial charge in [0.2, 0.25) is 0 Å². The van der Waals surface area contributed by atoms with Crippen molar-refractivity contribution in [1.82, 2.24) is 0 Å². The van der Waals surface area contributed by atoms with E-state index in [4.69, 9.17) is 19.3 Å². The van der Waals surface area contributed by atoms with E-state index in [1.807, 2.05) is 36.4 Å². The first kappa shape index (κ1) is 20.7. The van der Waals surface area contributed by atoms with Gasteiger partial charge in [-0.05, 0) is 72.8 Å². The molecule has 0 unspecified atom stereocenters. The molecule has 3 rings (SSSR count). The fourth-order valence-electron chi connectivity index (χ4n) is 2.54. The third-order valence-electron chi connectivity index (χ3n) is 3.89. The highest BCUT2D eigenvalue weighted by atomic mass is 32.2. The monoisotopic (exact) mass is 385 g/mol. The van der Waals surface area contributed by atoms with Gasteiger partial charge in [-0.15, -0.1) is 0 Å². The van der Waals surface area contributed by atoms with E-state index >= 15 is 0 Å². The van der Waals surface area contributed by atoms with E-state index in [2.05, 4.69) is 36.4 Å². The molecule has 0 aromatic heterocycles. The zero-order valence-corrected chi connectivity index (χ0v) is 16.8. The van der Waals surface area contributed by atoms with Crippen LogP contribution in [-0.2, 0) is 10.9 Å². The van der Waals surface area contributed by atoms with Gasteiger partial charge in [0.05, 0.1) is 32.2 Å². The summed E-state index contributed by atoms with van der Waals surface area (Å²) in [6.07, 6.45) is 0. The summed E-state index contributed by atoms with van der Waals surface area (Å²) >= 11 is 0. The second-order valence-electron chi connectivity index (χ2n) is 5.33. The Kier molecular flexibility index (Phi) is 8.04. The lowest BCUT2D eigenvalue weighted by Crippen LogP contribution is -2.05. The molecular weight excluding hydrogens is 360 g/mol. The normalized spacial score (nSPS) is 10.0. The van der Waals surface area contributed by atoms with Crippen LogP contribution in [0.2, 0.25) is 0 Å². The molecule has 5 heteroatoms. The molecule has 0 aliphatic rings. The minimum absolute atomic E-state index is 0.212. The first-order valence-corrected chi connectivity index (χ1v) is 9.59. The lowest BCUT2D eigenvalue weighted by Gasteiger charge is -2.10. The zero-order valence-electron chi connectivity index (χ0n) is 16.0. The molecule has 3 aromatic rings. The summed E-state index contributed by atoms with van der Waals surface area (Å²) in [5, 5.41) is 7.00. The number of hydrogen-bond donors (Lipinski definition) is 1. The third-order valence-corrected chi connectivity index (χ3v) is 6.12. The molecule has 4 nitrogen and oxygen atoms in total. The maximum Gasteiger partial charge on any atom is 0.166 e. The largest absolute Gasteiger partial charge is 0.497 e. The van der Waals surface area contributed by atoms with Gasteiger partial charge in [-0.1, -0.05) is 0 Å². The van der Waals surface area contributed by atoms with Crippen LogP contribution in [0.1, 0.15) is 0 Å². The van der Waals surface area contributed by atoms with E-state index in [9.17, 15) is 0 Å². The molecule has 0 saturated carbocycles. The molecule has 0 aliphatic heterocycles. The number of ether oxygens (including phenoxy) is 3. The lowest BCUT2D eigenvalue weighted by molar-refractivity contribution is 0.399. The summed E-state index contributed by atoms with van der Waals surface area (Å²) < 4.78 is 15.9. The van der Waals surface area contributed by atoms with Crippen molar-refractivity contribution in [3.05, 3.63) is 72.8 Å². The van der Waals surface area contributed by atoms with E-state index in [-0.39, 0.29) is 10.9 Å². The Hall–Kier alpha value is -2.63. The smallest absolute Gasteiger partial charge is 0.166 e. The van der Waals surface area contributed by atoms with Gasteiger partial charge in [-0.3, -0.25) is 0 Å². The quantitative estimate of drug-likeness (QED) is 0.638. The van der Waals surface area contributed by atoms with E-state index in [1.165, 1.54) is 14.7 Å². The van der Waals surface area contributed by atoms with Crippen LogP contribution in [0, 0.1) is 0 Å². The highest BCUT2D eigenvalue weighted by molar-refractivity contribution is 7.97. The molecule has 0 radical (unpaired) electrons. The summed E-state index contributed by atoms with van der Waals surface area (Å²) in [6.45, 7) is 0. The van der Waals surface area contributed by atoms with E-state index in [0.29, 0.717) is 0 Å². The molecule has 0 atom stereocenters. The molecule has 1 N–H and O–H groups in total. The zero-order chi connectivity index (χ0) is 19.6. The minimum Gasteiger partial charge on any atom is -0.497 e. The molecule has 142 valence electrons. The summed E-state index contributed by atoms with van der Waals surface area (Å²) in [4.78, 5) is 3.70. The van der Waals surface area contributed by atoms with E-state index < -0.39 is 0 Å². The van der Waals surface area contributed by atoms with Crippen molar-refractivity contribution in [2.45, 2.75) is 14.7 Å². The van der Waals surface area contributed by atoms with Gasteiger partial charge in [0.25, 0.3) is 0 Å². The molecule has 0 fully saturated rings. The van der Waals surface area contributed by atoms with Crippen LogP contribution in [-0.4, -0.2) is 33.5 Å². The van der Waals surface area contributed by atoms with Crippen molar-refractivity contribution in [3.63, 3.8) is 0 Å². The van der Waals surface area contributed by atoms with Gasteiger partial charge in [0.15, 0.2) is 14.7 Å². The Balaban J connectivity index is 0.00000126. The lowest BCUT2D eigenvalue weighted by atomic mass is 10.3. The molecule has 0 saturated heterocycles. The Morgan fingerprint density at radius 1 is 0.481 bits per heavy atom. The van der Waals surface area contributed by atoms with Crippen molar-refractivity contribution in [2.24, 2.45) is 0 Å². The van der Waals surface area contributed by atoms with Crippen LogP contribution < -0.4 is 14.2 Å². The van der Waals surface area contributed by atoms with Crippen LogP contribution in [0.5, 0.6) is 17.2 Å². The second-order valence-corrected chi connectivity index (χ2v) is 7.36. The highest BCUT2D eigenvalue weighted by Crippen LogP contribution is 2.33. The van der Waals surface area contributed by atoms with Crippen molar-refractivity contribution < 1.29 is 19.3 Å².